The maximum absolute atomic E-state index is 13.3. The lowest BCUT2D eigenvalue weighted by Crippen LogP contribution is -2.59. The first-order valence-corrected chi connectivity index (χ1v) is 15.8. The molecule has 3 amide bonds. The number of hydrogen-bond donors (Lipinski definition) is 6. The number of amides is 3. The quantitative estimate of drug-likeness (QED) is 0.166. The second-order valence-electron chi connectivity index (χ2n) is 9.57. The smallest absolute Gasteiger partial charge is 0.326 e. The molecule has 7 N–H and O–H groups in total. The number of aromatic amines is 1. The Morgan fingerprint density at radius 3 is 2.18 bits per heavy atom. The summed E-state index contributed by atoms with van der Waals surface area (Å²) in [6, 6.07) is 3.95. The molecule has 0 radical (unpaired) electrons. The van der Waals surface area contributed by atoms with Gasteiger partial charge in [-0.2, -0.15) is 23.5 Å². The van der Waals surface area contributed by atoms with Crippen LogP contribution in [0, 0.1) is 5.92 Å². The summed E-state index contributed by atoms with van der Waals surface area (Å²) in [5, 5.41) is 18.6. The van der Waals surface area contributed by atoms with Crippen molar-refractivity contribution in [3.63, 3.8) is 0 Å². The third-order valence-electron chi connectivity index (χ3n) is 6.71. The van der Waals surface area contributed by atoms with Crippen molar-refractivity contribution in [2.24, 2.45) is 11.7 Å². The van der Waals surface area contributed by atoms with Crippen molar-refractivity contribution in [3.05, 3.63) is 36.0 Å². The van der Waals surface area contributed by atoms with Crippen LogP contribution >= 0.6 is 23.5 Å². The molecule has 1 heterocycles. The molecule has 1 aromatic carbocycles. The molecule has 10 nitrogen and oxygen atoms in total. The number of carboxylic acids is 1. The molecule has 0 spiro atoms. The van der Waals surface area contributed by atoms with Crippen molar-refractivity contribution in [3.8, 4) is 0 Å². The highest BCUT2D eigenvalue weighted by molar-refractivity contribution is 7.98. The molecule has 0 aliphatic heterocycles. The Kier molecular flexibility index (Phi) is 13.7. The number of hydrogen-bond acceptors (Lipinski definition) is 7. The predicted molar refractivity (Wildman–Crippen MR) is 159 cm³/mol. The van der Waals surface area contributed by atoms with Crippen LogP contribution in [0.3, 0.4) is 0 Å². The molecular formula is C27H41N5O5S2. The zero-order valence-corrected chi connectivity index (χ0v) is 24.6. The average molecular weight is 580 g/mol. The highest BCUT2D eigenvalue weighted by Gasteiger charge is 2.32. The van der Waals surface area contributed by atoms with E-state index >= 15 is 0 Å². The fourth-order valence-corrected chi connectivity index (χ4v) is 5.07. The zero-order valence-electron chi connectivity index (χ0n) is 23.0. The number of thioether (sulfide) groups is 2. The standard InChI is InChI=1S/C27H41N5O5S2/c1-5-16(2)23(26(35)31-22(27(36)37)11-13-39-4)32-25(34)21(10-12-38-3)30-24(33)19(28)14-17-15-29-20-9-7-6-8-18(17)20/h6-9,15-16,19,21-23,29H,5,10-14,28H2,1-4H3,(H,30,33)(H,31,35)(H,32,34)(H,36,37). The lowest BCUT2D eigenvalue weighted by molar-refractivity contribution is -0.142. The Balaban J connectivity index is 2.12. The number of nitrogens with one attached hydrogen (secondary N) is 4. The van der Waals surface area contributed by atoms with Crippen LogP contribution in [-0.2, 0) is 25.6 Å². The van der Waals surface area contributed by atoms with Gasteiger partial charge in [-0.25, -0.2) is 4.79 Å². The van der Waals surface area contributed by atoms with Crippen LogP contribution in [-0.4, -0.2) is 82.0 Å². The van der Waals surface area contributed by atoms with Crippen LogP contribution in [0.15, 0.2) is 30.5 Å². The van der Waals surface area contributed by atoms with E-state index in [9.17, 15) is 24.3 Å². The highest BCUT2D eigenvalue weighted by Crippen LogP contribution is 2.19. The number of rotatable bonds is 17. The molecule has 39 heavy (non-hydrogen) atoms. The number of carbonyl (C=O) groups excluding carboxylic acids is 3. The Bertz CT molecular complexity index is 1110. The number of nitrogens with two attached hydrogens (primary N) is 1. The Morgan fingerprint density at radius 2 is 1.56 bits per heavy atom. The minimum absolute atomic E-state index is 0.259. The highest BCUT2D eigenvalue weighted by atomic mass is 32.2. The third-order valence-corrected chi connectivity index (χ3v) is 8.00. The summed E-state index contributed by atoms with van der Waals surface area (Å²) >= 11 is 3.02. The first-order valence-electron chi connectivity index (χ1n) is 13.0. The molecule has 5 atom stereocenters. The van der Waals surface area contributed by atoms with Crippen LogP contribution in [0.4, 0.5) is 0 Å². The van der Waals surface area contributed by atoms with Gasteiger partial charge in [0.2, 0.25) is 17.7 Å². The van der Waals surface area contributed by atoms with Crippen molar-refractivity contribution in [2.75, 3.05) is 24.0 Å². The molecule has 12 heteroatoms. The first kappa shape index (κ1) is 32.5. The summed E-state index contributed by atoms with van der Waals surface area (Å²) in [6.07, 6.45) is 7.07. The lowest BCUT2D eigenvalue weighted by Gasteiger charge is -2.28. The summed E-state index contributed by atoms with van der Waals surface area (Å²) in [7, 11) is 0. The minimum atomic E-state index is -1.12. The van der Waals surface area contributed by atoms with Gasteiger partial charge in [-0.3, -0.25) is 14.4 Å². The fourth-order valence-electron chi connectivity index (χ4n) is 4.12. The molecule has 216 valence electrons. The lowest BCUT2D eigenvalue weighted by atomic mass is 9.97. The van der Waals surface area contributed by atoms with Crippen LogP contribution in [0.2, 0.25) is 0 Å². The number of carbonyl (C=O) groups is 4. The van der Waals surface area contributed by atoms with Gasteiger partial charge < -0.3 is 31.8 Å². The van der Waals surface area contributed by atoms with Gasteiger partial charge in [0.25, 0.3) is 0 Å². The average Bonchev–Trinajstić information content (AvgIpc) is 3.33. The molecule has 0 saturated heterocycles. The predicted octanol–water partition coefficient (Wildman–Crippen LogP) is 2.13. The maximum Gasteiger partial charge on any atom is 0.326 e. The third kappa shape index (κ3) is 9.77. The van der Waals surface area contributed by atoms with Gasteiger partial charge in [0.1, 0.15) is 18.1 Å². The second kappa shape index (κ2) is 16.4. The SMILES string of the molecule is CCC(C)C(NC(=O)C(CCSC)NC(=O)C(N)Cc1c[nH]c2ccccc12)C(=O)NC(CCSC)C(=O)O. The van der Waals surface area contributed by atoms with Crippen LogP contribution in [0.25, 0.3) is 10.9 Å². The molecule has 2 rings (SSSR count). The number of fused-ring (bicyclic) bond motifs is 1. The first-order chi connectivity index (χ1) is 18.6. The van der Waals surface area contributed by atoms with E-state index in [2.05, 4.69) is 20.9 Å². The summed E-state index contributed by atoms with van der Waals surface area (Å²) in [6.45, 7) is 3.70. The summed E-state index contributed by atoms with van der Waals surface area (Å²) in [5.74, 6) is -1.74. The molecule has 5 unspecified atom stereocenters. The maximum atomic E-state index is 13.3. The van der Waals surface area contributed by atoms with Crippen molar-refractivity contribution >= 4 is 58.1 Å². The molecule has 1 aromatic heterocycles. The second-order valence-corrected chi connectivity index (χ2v) is 11.5. The largest absolute Gasteiger partial charge is 0.480 e. The number of benzene rings is 1. The molecule has 0 saturated carbocycles. The molecule has 0 aliphatic carbocycles. The van der Waals surface area contributed by atoms with Gasteiger partial charge in [0, 0.05) is 17.1 Å². The van der Waals surface area contributed by atoms with E-state index < -0.39 is 47.9 Å². The van der Waals surface area contributed by atoms with Crippen LogP contribution in [0.5, 0.6) is 0 Å². The van der Waals surface area contributed by atoms with Crippen molar-refractivity contribution in [1.29, 1.82) is 0 Å². The van der Waals surface area contributed by atoms with Crippen molar-refractivity contribution in [1.82, 2.24) is 20.9 Å². The zero-order chi connectivity index (χ0) is 28.9. The van der Waals surface area contributed by atoms with E-state index in [4.69, 9.17) is 5.73 Å². The Morgan fingerprint density at radius 1 is 0.949 bits per heavy atom. The molecule has 0 bridgehead atoms. The topological polar surface area (TPSA) is 166 Å². The number of aliphatic carboxylic acids is 1. The fraction of sp³-hybridized carbons (Fsp3) is 0.556. The van der Waals surface area contributed by atoms with Gasteiger partial charge in [-0.1, -0.05) is 38.5 Å². The van der Waals surface area contributed by atoms with Crippen LogP contribution in [0.1, 0.15) is 38.7 Å². The summed E-state index contributed by atoms with van der Waals surface area (Å²) < 4.78 is 0. The van der Waals surface area contributed by atoms with E-state index in [0.717, 1.165) is 16.5 Å². The van der Waals surface area contributed by atoms with Crippen molar-refractivity contribution in [2.45, 2.75) is 63.7 Å². The number of aromatic nitrogens is 1. The Hall–Kier alpha value is -2.70. The van der Waals surface area contributed by atoms with Crippen LogP contribution < -0.4 is 21.7 Å². The summed E-state index contributed by atoms with van der Waals surface area (Å²) in [5.41, 5.74) is 8.09. The Labute approximate surface area is 238 Å². The molecule has 0 aliphatic rings. The summed E-state index contributed by atoms with van der Waals surface area (Å²) in [4.78, 5) is 54.3. The van der Waals surface area contributed by atoms with Gasteiger partial charge in [0.15, 0.2) is 0 Å². The number of para-hydroxylation sites is 1. The van der Waals surface area contributed by atoms with Gasteiger partial charge in [0.05, 0.1) is 6.04 Å². The molecular weight excluding hydrogens is 538 g/mol. The monoisotopic (exact) mass is 579 g/mol. The number of H-pyrrole nitrogens is 1. The van der Waals surface area contributed by atoms with E-state index in [1.165, 1.54) is 23.5 Å². The molecule has 2 aromatic rings. The van der Waals surface area contributed by atoms with Gasteiger partial charge in [-0.05, 0) is 60.8 Å². The van der Waals surface area contributed by atoms with E-state index in [-0.39, 0.29) is 18.8 Å². The van der Waals surface area contributed by atoms with Crippen molar-refractivity contribution < 1.29 is 24.3 Å². The van der Waals surface area contributed by atoms with E-state index in [0.29, 0.717) is 24.3 Å². The number of carboxylic acid groups (broad SMARTS) is 1. The van der Waals surface area contributed by atoms with Gasteiger partial charge >= 0.3 is 5.97 Å². The van der Waals surface area contributed by atoms with E-state index in [1.54, 1.807) is 0 Å². The normalized spacial score (nSPS) is 15.1. The van der Waals surface area contributed by atoms with E-state index in [1.807, 2.05) is 56.8 Å². The molecule has 0 fully saturated rings. The minimum Gasteiger partial charge on any atom is -0.480 e. The van der Waals surface area contributed by atoms with Gasteiger partial charge in [-0.15, -0.1) is 0 Å².